The smallest absolute Gasteiger partial charge is 0.129 e. The molecule has 0 amide bonds. The van der Waals surface area contributed by atoms with Crippen molar-refractivity contribution in [1.29, 1.82) is 0 Å². The van der Waals surface area contributed by atoms with Gasteiger partial charge in [0, 0.05) is 22.3 Å². The van der Waals surface area contributed by atoms with E-state index in [-0.39, 0.29) is 0 Å². The van der Waals surface area contributed by atoms with Crippen molar-refractivity contribution in [3.05, 3.63) is 96.6 Å². The summed E-state index contributed by atoms with van der Waals surface area (Å²) < 4.78 is 5.95. The molecule has 0 atom stereocenters. The third kappa shape index (κ3) is 2.47. The predicted molar refractivity (Wildman–Crippen MR) is 105 cm³/mol. The van der Waals surface area contributed by atoms with Crippen molar-refractivity contribution in [1.82, 2.24) is 4.98 Å². The van der Waals surface area contributed by atoms with Crippen LogP contribution in [0.5, 0.6) is 5.75 Å². The minimum atomic E-state index is 0.550. The molecule has 3 aromatic carbocycles. The van der Waals surface area contributed by atoms with E-state index >= 15 is 0 Å². The first-order valence-electron chi connectivity index (χ1n) is 8.77. The largest absolute Gasteiger partial charge is 0.488 e. The second kappa shape index (κ2) is 6.16. The predicted octanol–water partition coefficient (Wildman–Crippen LogP) is 5.98. The van der Waals surface area contributed by atoms with E-state index in [9.17, 15) is 0 Å². The lowest BCUT2D eigenvalue weighted by Crippen LogP contribution is -2.08. The number of fused-ring (bicyclic) bond motifs is 3. The average molecular weight is 335 g/mol. The van der Waals surface area contributed by atoms with Crippen molar-refractivity contribution in [2.75, 3.05) is 0 Å². The molecule has 2 heteroatoms. The summed E-state index contributed by atoms with van der Waals surface area (Å²) in [4.78, 5) is 5.12. The Balaban J connectivity index is 1.79. The Kier molecular flexibility index (Phi) is 3.53. The van der Waals surface area contributed by atoms with Crippen LogP contribution in [0.25, 0.3) is 33.6 Å². The molecule has 1 aliphatic rings. The number of benzene rings is 3. The van der Waals surface area contributed by atoms with Gasteiger partial charge in [0.1, 0.15) is 12.4 Å². The number of hydrogen-bond donors (Lipinski definition) is 0. The molecule has 26 heavy (non-hydrogen) atoms. The number of rotatable bonds is 2. The summed E-state index contributed by atoms with van der Waals surface area (Å²) in [6, 6.07) is 31.2. The van der Waals surface area contributed by atoms with Gasteiger partial charge >= 0.3 is 0 Å². The molecular formula is C24H17NO. The van der Waals surface area contributed by atoms with Crippen molar-refractivity contribution in [3.63, 3.8) is 0 Å². The molecule has 0 N–H and O–H groups in total. The fourth-order valence-electron chi connectivity index (χ4n) is 3.50. The van der Waals surface area contributed by atoms with Gasteiger partial charge in [-0.3, -0.25) is 0 Å². The average Bonchev–Trinajstić information content (AvgIpc) is 2.74. The third-order valence-corrected chi connectivity index (χ3v) is 4.76. The topological polar surface area (TPSA) is 22.1 Å². The van der Waals surface area contributed by atoms with Crippen LogP contribution >= 0.6 is 0 Å². The number of aromatic nitrogens is 1. The van der Waals surface area contributed by atoms with Crippen LogP contribution in [0.3, 0.4) is 0 Å². The Morgan fingerprint density at radius 2 is 1.27 bits per heavy atom. The number of hydrogen-bond acceptors (Lipinski definition) is 2. The molecule has 5 rings (SSSR count). The van der Waals surface area contributed by atoms with Gasteiger partial charge in [-0.05, 0) is 23.8 Å². The number of pyridine rings is 1. The molecular weight excluding hydrogens is 318 g/mol. The standard InChI is InChI=1S/C24H17NO/c1-3-9-17(10-4-1)21-15-19-16-26-22-14-8-7-13-20(22)24(19)25-23(21)18-11-5-2-6-12-18/h1-15H,16H2. The van der Waals surface area contributed by atoms with E-state index in [1.54, 1.807) is 0 Å². The summed E-state index contributed by atoms with van der Waals surface area (Å²) in [5.41, 5.74) is 7.64. The third-order valence-electron chi connectivity index (χ3n) is 4.76. The first-order chi connectivity index (χ1) is 12.9. The van der Waals surface area contributed by atoms with Gasteiger partial charge in [-0.1, -0.05) is 72.8 Å². The SMILES string of the molecule is c1ccc(-c2cc3c(nc2-c2ccccc2)-c2ccccc2OC3)cc1. The van der Waals surface area contributed by atoms with Gasteiger partial charge in [-0.25, -0.2) is 4.98 Å². The summed E-state index contributed by atoms with van der Waals surface area (Å²) in [6.45, 7) is 0.550. The van der Waals surface area contributed by atoms with E-state index in [2.05, 4.69) is 60.7 Å². The maximum Gasteiger partial charge on any atom is 0.129 e. The molecule has 4 aromatic rings. The van der Waals surface area contributed by atoms with Gasteiger partial charge in [0.2, 0.25) is 0 Å². The summed E-state index contributed by atoms with van der Waals surface area (Å²) in [7, 11) is 0. The summed E-state index contributed by atoms with van der Waals surface area (Å²) in [5, 5.41) is 0. The molecule has 0 fully saturated rings. The van der Waals surface area contributed by atoms with Crippen molar-refractivity contribution in [2.45, 2.75) is 6.61 Å². The van der Waals surface area contributed by atoms with Crippen molar-refractivity contribution in [3.8, 4) is 39.4 Å². The van der Waals surface area contributed by atoms with Crippen LogP contribution in [0.15, 0.2) is 91.0 Å². The van der Waals surface area contributed by atoms with Crippen LogP contribution in [0.4, 0.5) is 0 Å². The zero-order chi connectivity index (χ0) is 17.3. The first kappa shape index (κ1) is 14.9. The molecule has 0 radical (unpaired) electrons. The van der Waals surface area contributed by atoms with Crippen molar-refractivity contribution >= 4 is 0 Å². The highest BCUT2D eigenvalue weighted by atomic mass is 16.5. The lowest BCUT2D eigenvalue weighted by molar-refractivity contribution is 0.301. The van der Waals surface area contributed by atoms with Gasteiger partial charge < -0.3 is 4.74 Å². The zero-order valence-electron chi connectivity index (χ0n) is 14.2. The van der Waals surface area contributed by atoms with Crippen molar-refractivity contribution < 1.29 is 4.74 Å². The quantitative estimate of drug-likeness (QED) is 0.450. The van der Waals surface area contributed by atoms with Crippen LogP contribution in [0, 0.1) is 0 Å². The molecule has 124 valence electrons. The monoisotopic (exact) mass is 335 g/mol. The molecule has 2 heterocycles. The summed E-state index contributed by atoms with van der Waals surface area (Å²) >= 11 is 0. The minimum absolute atomic E-state index is 0.550. The molecule has 0 bridgehead atoms. The Labute approximate surface area is 152 Å². The van der Waals surface area contributed by atoms with Gasteiger partial charge in [0.05, 0.1) is 11.4 Å². The first-order valence-corrected chi connectivity index (χ1v) is 8.77. The second-order valence-electron chi connectivity index (χ2n) is 6.41. The molecule has 1 aliphatic heterocycles. The van der Waals surface area contributed by atoms with E-state index in [1.165, 1.54) is 5.56 Å². The molecule has 2 nitrogen and oxygen atoms in total. The van der Waals surface area contributed by atoms with Gasteiger partial charge in [-0.15, -0.1) is 0 Å². The van der Waals surface area contributed by atoms with Gasteiger partial charge in [0.25, 0.3) is 0 Å². The lowest BCUT2D eigenvalue weighted by Gasteiger charge is -2.22. The zero-order valence-corrected chi connectivity index (χ0v) is 14.2. The Morgan fingerprint density at radius 3 is 2.04 bits per heavy atom. The Morgan fingerprint density at radius 1 is 0.615 bits per heavy atom. The highest BCUT2D eigenvalue weighted by molar-refractivity contribution is 5.85. The van der Waals surface area contributed by atoms with Crippen LogP contribution < -0.4 is 4.74 Å². The maximum atomic E-state index is 5.95. The minimum Gasteiger partial charge on any atom is -0.488 e. The highest BCUT2D eigenvalue weighted by Crippen LogP contribution is 2.40. The fraction of sp³-hybridized carbons (Fsp3) is 0.0417. The van der Waals surface area contributed by atoms with E-state index in [0.717, 1.165) is 39.4 Å². The van der Waals surface area contributed by atoms with E-state index in [0.29, 0.717) is 6.61 Å². The Hall–Kier alpha value is -3.39. The fourth-order valence-corrected chi connectivity index (χ4v) is 3.50. The Bertz CT molecular complexity index is 1070. The van der Waals surface area contributed by atoms with Crippen molar-refractivity contribution in [2.24, 2.45) is 0 Å². The lowest BCUT2D eigenvalue weighted by atomic mass is 9.94. The van der Waals surface area contributed by atoms with E-state index in [1.807, 2.05) is 30.3 Å². The van der Waals surface area contributed by atoms with E-state index in [4.69, 9.17) is 9.72 Å². The number of nitrogens with zero attached hydrogens (tertiary/aromatic N) is 1. The molecule has 0 spiro atoms. The van der Waals surface area contributed by atoms with E-state index < -0.39 is 0 Å². The normalized spacial score (nSPS) is 12.0. The number of ether oxygens (including phenoxy) is 1. The molecule has 0 saturated carbocycles. The number of para-hydroxylation sites is 1. The van der Waals surface area contributed by atoms with Gasteiger partial charge in [0.15, 0.2) is 0 Å². The maximum absolute atomic E-state index is 5.95. The molecule has 0 saturated heterocycles. The molecule has 0 unspecified atom stereocenters. The van der Waals surface area contributed by atoms with Crippen LogP contribution in [-0.4, -0.2) is 4.98 Å². The van der Waals surface area contributed by atoms with Gasteiger partial charge in [-0.2, -0.15) is 0 Å². The van der Waals surface area contributed by atoms with Crippen LogP contribution in [0.1, 0.15) is 5.56 Å². The summed E-state index contributed by atoms with van der Waals surface area (Å²) in [6.07, 6.45) is 0. The van der Waals surface area contributed by atoms with Crippen LogP contribution in [0.2, 0.25) is 0 Å². The second-order valence-corrected chi connectivity index (χ2v) is 6.41. The highest BCUT2D eigenvalue weighted by Gasteiger charge is 2.21. The summed E-state index contributed by atoms with van der Waals surface area (Å²) in [5.74, 6) is 0.902. The molecule has 0 aliphatic carbocycles. The molecule has 1 aromatic heterocycles. The van der Waals surface area contributed by atoms with Crippen LogP contribution in [-0.2, 0) is 6.61 Å².